The molecule has 0 radical (unpaired) electrons. The molecule has 0 aliphatic carbocycles. The van der Waals surface area contributed by atoms with Crippen LogP contribution in [0.15, 0.2) is 73.3 Å². The van der Waals surface area contributed by atoms with E-state index in [4.69, 9.17) is 11.6 Å². The van der Waals surface area contributed by atoms with E-state index in [2.05, 4.69) is 45.9 Å². The van der Waals surface area contributed by atoms with Gasteiger partial charge in [-0.25, -0.2) is 4.98 Å². The Morgan fingerprint density at radius 3 is 2.21 bits per heavy atom. The molecule has 0 fully saturated rings. The molecule has 3 aromatic rings. The first-order valence-corrected chi connectivity index (χ1v) is 6.50. The van der Waals surface area contributed by atoms with Crippen LogP contribution < -0.4 is 0 Å². The van der Waals surface area contributed by atoms with Crippen molar-refractivity contribution < 1.29 is 0 Å². The van der Waals surface area contributed by atoms with E-state index in [1.165, 1.54) is 11.1 Å². The van der Waals surface area contributed by atoms with E-state index >= 15 is 0 Å². The molecule has 2 aromatic carbocycles. The summed E-state index contributed by atoms with van der Waals surface area (Å²) in [5.41, 5.74) is 2.41. The van der Waals surface area contributed by atoms with Crippen molar-refractivity contribution in [1.29, 1.82) is 0 Å². The Balaban J connectivity index is 2.10. The van der Waals surface area contributed by atoms with Gasteiger partial charge >= 0.3 is 0 Å². The third kappa shape index (κ3) is 2.54. The molecule has 0 N–H and O–H groups in total. The number of nitrogens with zero attached hydrogens (tertiary/aromatic N) is 2. The molecule has 0 spiro atoms. The fourth-order valence-corrected chi connectivity index (χ4v) is 2.37. The van der Waals surface area contributed by atoms with Crippen molar-refractivity contribution in [2.75, 3.05) is 0 Å². The zero-order valence-corrected chi connectivity index (χ0v) is 11.0. The topological polar surface area (TPSA) is 17.8 Å². The molecular formula is C16H13ClN2. The van der Waals surface area contributed by atoms with Crippen molar-refractivity contribution in [2.45, 2.75) is 6.04 Å². The smallest absolute Gasteiger partial charge is 0.0954 e. The van der Waals surface area contributed by atoms with Gasteiger partial charge in [-0.2, -0.15) is 0 Å². The average molecular weight is 269 g/mol. The van der Waals surface area contributed by atoms with Gasteiger partial charge in [0.25, 0.3) is 0 Å². The average Bonchev–Trinajstić information content (AvgIpc) is 2.96. The lowest BCUT2D eigenvalue weighted by Gasteiger charge is -2.19. The first-order valence-electron chi connectivity index (χ1n) is 6.12. The molecule has 1 aromatic heterocycles. The molecule has 3 rings (SSSR count). The Morgan fingerprint density at radius 1 is 0.895 bits per heavy atom. The van der Waals surface area contributed by atoms with Gasteiger partial charge in [0.1, 0.15) is 0 Å². The maximum absolute atomic E-state index is 5.97. The van der Waals surface area contributed by atoms with E-state index in [9.17, 15) is 0 Å². The number of imidazole rings is 1. The van der Waals surface area contributed by atoms with Crippen LogP contribution in [-0.4, -0.2) is 9.55 Å². The summed E-state index contributed by atoms with van der Waals surface area (Å²) in [7, 11) is 0. The molecule has 0 saturated heterocycles. The van der Waals surface area contributed by atoms with Crippen LogP contribution in [0.5, 0.6) is 0 Å². The molecule has 1 heterocycles. The van der Waals surface area contributed by atoms with Crippen LogP contribution in [0.3, 0.4) is 0 Å². The van der Waals surface area contributed by atoms with Crippen LogP contribution in [0.1, 0.15) is 17.2 Å². The van der Waals surface area contributed by atoms with Crippen LogP contribution in [-0.2, 0) is 0 Å². The second-order valence-corrected chi connectivity index (χ2v) is 4.81. The van der Waals surface area contributed by atoms with Crippen molar-refractivity contribution in [1.82, 2.24) is 9.55 Å². The molecule has 2 nitrogen and oxygen atoms in total. The maximum atomic E-state index is 5.97. The normalized spacial score (nSPS) is 12.3. The molecule has 0 bridgehead atoms. The van der Waals surface area contributed by atoms with Gasteiger partial charge in [-0.3, -0.25) is 0 Å². The van der Waals surface area contributed by atoms with E-state index in [0.29, 0.717) is 0 Å². The summed E-state index contributed by atoms with van der Waals surface area (Å²) in [5.74, 6) is 0. The molecule has 0 aliphatic heterocycles. The lowest BCUT2D eigenvalue weighted by Crippen LogP contribution is -2.10. The predicted molar refractivity (Wildman–Crippen MR) is 77.4 cm³/mol. The lowest BCUT2D eigenvalue weighted by atomic mass is 9.99. The number of aromatic nitrogens is 2. The number of benzene rings is 2. The minimum absolute atomic E-state index is 0.126. The first kappa shape index (κ1) is 12.0. The van der Waals surface area contributed by atoms with Gasteiger partial charge in [-0.1, -0.05) is 54.1 Å². The zero-order chi connectivity index (χ0) is 13.1. The van der Waals surface area contributed by atoms with Gasteiger partial charge in [0, 0.05) is 17.4 Å². The first-order chi connectivity index (χ1) is 9.34. The van der Waals surface area contributed by atoms with E-state index in [1.807, 2.05) is 30.7 Å². The number of hydrogen-bond acceptors (Lipinski definition) is 1. The fraction of sp³-hybridized carbons (Fsp3) is 0.0625. The second-order valence-electron chi connectivity index (χ2n) is 4.37. The van der Waals surface area contributed by atoms with Crippen molar-refractivity contribution in [3.05, 3.63) is 89.5 Å². The summed E-state index contributed by atoms with van der Waals surface area (Å²) in [5, 5.41) is 0.751. The largest absolute Gasteiger partial charge is 0.326 e. The summed E-state index contributed by atoms with van der Waals surface area (Å²) in [6, 6.07) is 18.5. The molecule has 19 heavy (non-hydrogen) atoms. The molecule has 0 saturated carbocycles. The summed E-state index contributed by atoms with van der Waals surface area (Å²) in [4.78, 5) is 4.15. The van der Waals surface area contributed by atoms with E-state index < -0.39 is 0 Å². The highest BCUT2D eigenvalue weighted by Crippen LogP contribution is 2.27. The summed E-state index contributed by atoms with van der Waals surface area (Å²) in [6.07, 6.45) is 5.62. The number of rotatable bonds is 3. The van der Waals surface area contributed by atoms with E-state index in [-0.39, 0.29) is 6.04 Å². The second kappa shape index (κ2) is 5.29. The number of hydrogen-bond donors (Lipinski definition) is 0. The SMILES string of the molecule is Clc1ccc([C@@H](c2ccccc2)n2ccnc2)cc1. The molecular weight excluding hydrogens is 256 g/mol. The lowest BCUT2D eigenvalue weighted by molar-refractivity contribution is 0.677. The van der Waals surface area contributed by atoms with E-state index in [1.54, 1.807) is 6.20 Å². The Kier molecular flexibility index (Phi) is 3.34. The summed E-state index contributed by atoms with van der Waals surface area (Å²) >= 11 is 5.97. The third-order valence-corrected chi connectivity index (χ3v) is 3.38. The highest BCUT2D eigenvalue weighted by Gasteiger charge is 2.15. The van der Waals surface area contributed by atoms with Crippen molar-refractivity contribution in [2.24, 2.45) is 0 Å². The third-order valence-electron chi connectivity index (χ3n) is 3.12. The van der Waals surface area contributed by atoms with Gasteiger partial charge < -0.3 is 4.57 Å². The predicted octanol–water partition coefficient (Wildman–Crippen LogP) is 4.17. The molecule has 3 heteroatoms. The van der Waals surface area contributed by atoms with Crippen LogP contribution in [0.2, 0.25) is 5.02 Å². The Hall–Kier alpha value is -2.06. The van der Waals surface area contributed by atoms with Gasteiger partial charge in [0.2, 0.25) is 0 Å². The minimum atomic E-state index is 0.126. The van der Waals surface area contributed by atoms with Crippen LogP contribution in [0.4, 0.5) is 0 Å². The van der Waals surface area contributed by atoms with Crippen LogP contribution in [0.25, 0.3) is 0 Å². The Labute approximate surface area is 117 Å². The maximum Gasteiger partial charge on any atom is 0.0954 e. The Bertz CT molecular complexity index is 630. The van der Waals surface area contributed by atoms with Gasteiger partial charge in [0.05, 0.1) is 12.4 Å². The van der Waals surface area contributed by atoms with Gasteiger partial charge in [-0.15, -0.1) is 0 Å². The van der Waals surface area contributed by atoms with Crippen molar-refractivity contribution >= 4 is 11.6 Å². The van der Waals surface area contributed by atoms with Crippen LogP contribution in [0, 0.1) is 0 Å². The highest BCUT2D eigenvalue weighted by molar-refractivity contribution is 6.30. The fourth-order valence-electron chi connectivity index (χ4n) is 2.24. The quantitative estimate of drug-likeness (QED) is 0.697. The minimum Gasteiger partial charge on any atom is -0.326 e. The standard InChI is InChI=1S/C16H13ClN2/c17-15-8-6-14(7-9-15)16(19-11-10-18-12-19)13-4-2-1-3-5-13/h1-12,16H/t16-/m1/s1. The van der Waals surface area contributed by atoms with Gasteiger partial charge in [0.15, 0.2) is 0 Å². The molecule has 0 amide bonds. The molecule has 0 aliphatic rings. The summed E-state index contributed by atoms with van der Waals surface area (Å²) in [6.45, 7) is 0. The molecule has 1 atom stereocenters. The van der Waals surface area contributed by atoms with Crippen molar-refractivity contribution in [3.63, 3.8) is 0 Å². The van der Waals surface area contributed by atoms with E-state index in [0.717, 1.165) is 5.02 Å². The summed E-state index contributed by atoms with van der Waals surface area (Å²) < 4.78 is 2.10. The van der Waals surface area contributed by atoms with Gasteiger partial charge in [-0.05, 0) is 23.3 Å². The molecule has 0 unspecified atom stereocenters. The Morgan fingerprint density at radius 2 is 1.58 bits per heavy atom. The molecule has 94 valence electrons. The number of halogens is 1. The monoisotopic (exact) mass is 268 g/mol. The van der Waals surface area contributed by atoms with Crippen LogP contribution >= 0.6 is 11.6 Å². The highest BCUT2D eigenvalue weighted by atomic mass is 35.5. The van der Waals surface area contributed by atoms with Crippen molar-refractivity contribution in [3.8, 4) is 0 Å². The zero-order valence-electron chi connectivity index (χ0n) is 10.3.